The van der Waals surface area contributed by atoms with Gasteiger partial charge in [-0.05, 0) is 206 Å². The number of primary amides is 2. The van der Waals surface area contributed by atoms with Gasteiger partial charge in [-0.25, -0.2) is 32.6 Å². The number of aliphatic carboxylic acids is 1. The number of carboxylic acids is 1. The Bertz CT molecular complexity index is 5220. The fourth-order valence-corrected chi connectivity index (χ4v) is 16.4. The lowest BCUT2D eigenvalue weighted by atomic mass is 9.85. The lowest BCUT2D eigenvalue weighted by Gasteiger charge is -2.33. The molecule has 2 heterocycles. The van der Waals surface area contributed by atoms with Crippen molar-refractivity contribution in [2.24, 2.45) is 23.3 Å². The number of hydrogen-bond acceptors (Lipinski definition) is 35. The van der Waals surface area contributed by atoms with E-state index < -0.39 is 227 Å². The number of phenolic OH excluding ortho intramolecular Hbond substituents is 1. The van der Waals surface area contributed by atoms with Crippen LogP contribution in [0.3, 0.4) is 0 Å². The topological polar surface area (TPSA) is 674 Å². The van der Waals surface area contributed by atoms with E-state index in [2.05, 4.69) is 96.0 Å². The molecule has 1 aliphatic heterocycles. The molecule has 3 aromatic carbocycles. The molecule has 1 aromatic heterocycles. The van der Waals surface area contributed by atoms with Crippen LogP contribution in [0.15, 0.2) is 97.2 Å². The molecule has 0 bridgehead atoms. The second-order valence-corrected chi connectivity index (χ2v) is 40.8. The minimum atomic E-state index is -2.10. The van der Waals surface area contributed by atoms with Crippen molar-refractivity contribution < 1.29 is 111 Å². The minimum Gasteiger partial charge on any atom is -0.508 e. The maximum Gasteiger partial charge on any atom is 0.303 e. The van der Waals surface area contributed by atoms with Crippen LogP contribution in [-0.4, -0.2) is 290 Å². The number of rotatable bonds is 53. The summed E-state index contributed by atoms with van der Waals surface area (Å²) in [5.41, 5.74) is 25.7. The highest BCUT2D eigenvalue weighted by atomic mass is 16.4. The molecule has 0 spiro atoms. The number of nitrogens with two attached hydrogens (primary N) is 2. The molecule has 0 unspecified atom stereocenters. The van der Waals surface area contributed by atoms with E-state index in [1.807, 2.05) is 26.0 Å². The van der Waals surface area contributed by atoms with Crippen molar-refractivity contribution in [3.05, 3.63) is 114 Å². The SMILES string of the molecule is CC(=O)N[C@@H](CC(C)C)C(=O)N[C@H](C(=O)C(=O)[C@H](Cc1ccccc1)NN[C@]1(C)CCCCCC/C=C/CCC[C@@](C)(C(=O)CN[C@@H](C)C(=O)CCN[C@@H](C)C(=O)CCN[C@@H](C)C(=O)CNC(C)(C)C(=O)CN[C@@H](C)C(=O)CN[C@H](C)C(N)=O)NC(=O)[C@H](CC(C)C)NN[C@@H](CCC(N)=O)C(=O)CN[C@@H](C)C(=O)CC(=O)[C@H](Cc2c[nH]c3ccccc23)NN[C@@H](Cc2ccc(O)cc2)C(=O)N[C@@H](CCC(=O)O)C(=O)C1=O)[C@@H](C)O. The Morgan fingerprint density at radius 1 is 0.544 bits per heavy atom. The molecule has 0 fully saturated rings. The van der Waals surface area contributed by atoms with Crippen LogP contribution in [-0.2, 0) is 115 Å². The molecule has 0 radical (unpaired) electrons. The number of Topliss-reactive ketones (excluding diaryl/α,β-unsaturated/α-hetero) is 13. The van der Waals surface area contributed by atoms with Crippen molar-refractivity contribution in [2.45, 2.75) is 353 Å². The maximum atomic E-state index is 15.7. The third kappa shape index (κ3) is 45.1. The molecule has 17 atom stereocenters. The number of aliphatic hydroxyl groups is 1. The molecule has 25 N–H and O–H groups in total. The first kappa shape index (κ1) is 128. The number of aromatic amines is 1. The van der Waals surface area contributed by atoms with Crippen LogP contribution in [0.2, 0.25) is 0 Å². The first-order valence-corrected chi connectivity index (χ1v) is 51.5. The Kier molecular flexibility index (Phi) is 54.8. The standard InChI is InChI=1S/C106H162N20O23/c1-61(2)49-81(117-70(12)128)101(147)119-95(69(11)127)98(144)96(142)80(51-71-31-25-24-26-32-71)125-126-106(16)46-30-23-21-19-17-18-20-22-29-45-105(15,92(138)60-114-64(6)85(131)44-47-109-63(5)84(130)43-48-110-66(8)89(135)58-116-104(13,14)91(137)59-113-67(9)88(134)56-112-68(10)100(108)146)120-103(149)82(50-62(3)4)123-121-77(39-41-93(107)139)90(136)57-111-65(7)86(132)54-87(133)79(53-73-55-115-76-34-28-27-33-75(73)76)122-124-83(52-72-35-37-74(129)38-36-72)102(148)118-78(40-42-94(140)141)97(143)99(106)145/h18,20,24-28,31-38,55,61-69,77-83,95,109-116,121-127,129H,17,19,21-23,29-30,39-54,56-60H2,1-16H3,(H2,107,139)(H2,108,146)(H,117,128)(H,118,148)(H,119,147)(H,120,149)(H,140,141)/b20-18+/t63-,64-,65-,66-,67-,68+,69+,77-,78-,79-,80-,81-,82-,83-,95-,105-,106+/m0/s1. The predicted octanol–water partition coefficient (Wildman–Crippen LogP) is 1.11. The van der Waals surface area contributed by atoms with Crippen molar-refractivity contribution in [3.63, 3.8) is 0 Å². The third-order valence-electron chi connectivity index (χ3n) is 26.5. The molecule has 43 heteroatoms. The summed E-state index contributed by atoms with van der Waals surface area (Å²) in [6.45, 7) is 23.8. The fourth-order valence-electron chi connectivity index (χ4n) is 16.4. The number of fused-ring (bicyclic) bond motifs is 1. The molecule has 0 saturated carbocycles. The van der Waals surface area contributed by atoms with E-state index in [1.165, 1.54) is 58.9 Å². The summed E-state index contributed by atoms with van der Waals surface area (Å²) in [5, 5.41) is 63.7. The normalized spacial score (nSPS) is 21.7. The van der Waals surface area contributed by atoms with Crippen LogP contribution in [0.5, 0.6) is 5.75 Å². The number of allylic oxidation sites excluding steroid dienone is 2. The zero-order valence-corrected chi connectivity index (χ0v) is 89.0. The Hall–Kier alpha value is -11.8. The molecule has 149 heavy (non-hydrogen) atoms. The molecule has 43 nitrogen and oxygen atoms in total. The van der Waals surface area contributed by atoms with Gasteiger partial charge in [-0.1, -0.05) is 120 Å². The Labute approximate surface area is 872 Å². The van der Waals surface area contributed by atoms with Crippen LogP contribution >= 0.6 is 0 Å². The van der Waals surface area contributed by atoms with E-state index in [1.54, 1.807) is 123 Å². The van der Waals surface area contributed by atoms with Gasteiger partial charge in [-0.15, -0.1) is 0 Å². The van der Waals surface area contributed by atoms with Crippen molar-refractivity contribution in [2.75, 3.05) is 45.8 Å². The molecule has 4 aromatic rings. The third-order valence-corrected chi connectivity index (χ3v) is 26.5. The van der Waals surface area contributed by atoms with Crippen LogP contribution in [0.25, 0.3) is 10.9 Å². The van der Waals surface area contributed by atoms with E-state index in [4.69, 9.17) is 11.5 Å². The van der Waals surface area contributed by atoms with Gasteiger partial charge in [0.25, 0.3) is 0 Å². The summed E-state index contributed by atoms with van der Waals surface area (Å²) >= 11 is 0. The number of amides is 6. The van der Waals surface area contributed by atoms with E-state index in [0.29, 0.717) is 66.1 Å². The van der Waals surface area contributed by atoms with Gasteiger partial charge in [0.2, 0.25) is 58.6 Å². The van der Waals surface area contributed by atoms with Gasteiger partial charge >= 0.3 is 5.97 Å². The van der Waals surface area contributed by atoms with Crippen LogP contribution in [0.4, 0.5) is 0 Å². The Morgan fingerprint density at radius 3 is 1.73 bits per heavy atom. The summed E-state index contributed by atoms with van der Waals surface area (Å²) in [4.78, 5) is 282. The summed E-state index contributed by atoms with van der Waals surface area (Å²) in [5.74, 6) is -15.5. The summed E-state index contributed by atoms with van der Waals surface area (Å²) in [6.07, 6.45) is 3.19. The molecule has 824 valence electrons. The number of ketones is 13. The molecule has 5 rings (SSSR count). The van der Waals surface area contributed by atoms with Crippen LogP contribution < -0.4 is 103 Å². The van der Waals surface area contributed by atoms with E-state index in [9.17, 15) is 92.0 Å². The number of carbonyl (C=O) groups excluding carboxylic acids is 19. The second-order valence-electron chi connectivity index (χ2n) is 40.8. The Balaban J connectivity index is 1.47. The van der Waals surface area contributed by atoms with Crippen molar-refractivity contribution >= 4 is 127 Å². The average molecular weight is 2080 g/mol. The molecule has 0 aliphatic carbocycles. The first-order chi connectivity index (χ1) is 70.1. The van der Waals surface area contributed by atoms with Gasteiger partial charge in [0.15, 0.2) is 52.0 Å². The monoisotopic (exact) mass is 2080 g/mol. The van der Waals surface area contributed by atoms with Crippen molar-refractivity contribution in [1.29, 1.82) is 0 Å². The highest BCUT2D eigenvalue weighted by Gasteiger charge is 2.45. The largest absolute Gasteiger partial charge is 0.508 e. The summed E-state index contributed by atoms with van der Waals surface area (Å²) < 4.78 is 0. The van der Waals surface area contributed by atoms with Crippen LogP contribution in [0, 0.1) is 11.8 Å². The van der Waals surface area contributed by atoms with Gasteiger partial charge in [0.1, 0.15) is 29.9 Å². The molecular weight excluding hydrogens is 1920 g/mol. The highest BCUT2D eigenvalue weighted by molar-refractivity contribution is 6.43. The lowest BCUT2D eigenvalue weighted by Crippen LogP contribution is -2.65. The second kappa shape index (κ2) is 64.0. The number of aliphatic hydroxyl groups excluding tert-OH is 1. The summed E-state index contributed by atoms with van der Waals surface area (Å²) in [6, 6.07) is 4.12. The zero-order valence-electron chi connectivity index (χ0n) is 89.0. The first-order valence-electron chi connectivity index (χ1n) is 51.5. The number of H-pyrrole nitrogens is 1. The quantitative estimate of drug-likeness (QED) is 0.0127. The predicted molar refractivity (Wildman–Crippen MR) is 560 cm³/mol. The molecule has 6 amide bonds. The number of carboxylic acid groups (broad SMARTS) is 1. The zero-order chi connectivity index (χ0) is 111. The number of carbonyl (C=O) groups is 20. The van der Waals surface area contributed by atoms with Crippen molar-refractivity contribution in [3.8, 4) is 5.75 Å². The molecule has 0 saturated heterocycles. The molecule has 1 aliphatic rings. The highest BCUT2D eigenvalue weighted by Crippen LogP contribution is 2.26. The Morgan fingerprint density at radius 2 is 1.11 bits per heavy atom. The maximum absolute atomic E-state index is 15.7. The molecular formula is C106H162N20O23. The van der Waals surface area contributed by atoms with Gasteiger partial charge < -0.3 is 79.6 Å². The van der Waals surface area contributed by atoms with Crippen molar-refractivity contribution in [1.82, 2.24) is 96.0 Å². The number of aromatic nitrogens is 1. The number of phenols is 1. The van der Waals surface area contributed by atoms with Gasteiger partial charge in [-0.2, -0.15) is 0 Å². The number of para-hydroxylation sites is 1. The lowest BCUT2D eigenvalue weighted by molar-refractivity contribution is -0.144. The number of hydrazine groups is 3. The van der Waals surface area contributed by atoms with E-state index >= 15 is 19.2 Å². The number of hydrogen-bond donors (Lipinski definition) is 23. The number of nitrogens with one attached hydrogen (secondary N) is 18. The number of aromatic hydroxyl groups is 1. The van der Waals surface area contributed by atoms with E-state index in [-0.39, 0.29) is 156 Å². The van der Waals surface area contributed by atoms with E-state index in [0.717, 1.165) is 0 Å². The average Bonchev–Trinajstić information content (AvgIpc) is 1.18. The minimum absolute atomic E-state index is 0.0116. The van der Waals surface area contributed by atoms with Gasteiger partial charge in [0.05, 0.1) is 122 Å². The number of benzene rings is 3. The smallest absolute Gasteiger partial charge is 0.303 e. The summed E-state index contributed by atoms with van der Waals surface area (Å²) in [7, 11) is 0. The van der Waals surface area contributed by atoms with Crippen LogP contribution in [0.1, 0.15) is 243 Å². The fraction of sp³-hybridized carbons (Fsp3) is 0.604. The van der Waals surface area contributed by atoms with Gasteiger partial charge in [0, 0.05) is 62.8 Å². The van der Waals surface area contributed by atoms with Gasteiger partial charge in [-0.3, -0.25) is 107 Å².